The molecule has 0 aliphatic carbocycles. The van der Waals surface area contributed by atoms with Gasteiger partial charge in [-0.15, -0.1) is 12.4 Å². The Kier molecular flexibility index (Phi) is 10.7. The normalized spacial score (nSPS) is 11.7. The van der Waals surface area contributed by atoms with Crippen LogP contribution in [0, 0.1) is 18.8 Å². The molecule has 1 aromatic rings. The number of hydrogen-bond acceptors (Lipinski definition) is 3. The van der Waals surface area contributed by atoms with Crippen LogP contribution in [0.25, 0.3) is 0 Å². The first kappa shape index (κ1) is 21.7. The summed E-state index contributed by atoms with van der Waals surface area (Å²) in [5, 5.41) is 6.00. The van der Waals surface area contributed by atoms with Gasteiger partial charge in [-0.3, -0.25) is 4.79 Å². The summed E-state index contributed by atoms with van der Waals surface area (Å²) in [7, 11) is 1.85. The first-order chi connectivity index (χ1) is 10.4. The lowest BCUT2D eigenvalue weighted by Gasteiger charge is -2.15. The topological polar surface area (TPSA) is 50.4 Å². The van der Waals surface area contributed by atoms with Crippen molar-refractivity contribution < 1.29 is 9.53 Å². The number of nitrogens with one attached hydrogen (secondary N) is 2. The summed E-state index contributed by atoms with van der Waals surface area (Å²) in [6.45, 7) is 10.2. The first-order valence-electron chi connectivity index (χ1n) is 8.08. The van der Waals surface area contributed by atoms with Crippen LogP contribution >= 0.6 is 12.4 Å². The molecule has 0 aliphatic heterocycles. The zero-order valence-corrected chi connectivity index (χ0v) is 15.8. The molecule has 23 heavy (non-hydrogen) atoms. The molecule has 1 unspecified atom stereocenters. The van der Waals surface area contributed by atoms with Gasteiger partial charge >= 0.3 is 0 Å². The maximum atomic E-state index is 12.0. The fourth-order valence-corrected chi connectivity index (χ4v) is 2.10. The van der Waals surface area contributed by atoms with Crippen molar-refractivity contribution in [2.45, 2.75) is 40.7 Å². The number of rotatable bonds is 9. The molecule has 0 heterocycles. The Hall–Kier alpha value is -1.26. The van der Waals surface area contributed by atoms with Gasteiger partial charge in [0.05, 0.1) is 6.61 Å². The summed E-state index contributed by atoms with van der Waals surface area (Å²) in [5.74, 6) is 1.52. The van der Waals surface area contributed by atoms with Crippen molar-refractivity contribution in [3.05, 3.63) is 29.3 Å². The second kappa shape index (κ2) is 11.3. The summed E-state index contributed by atoms with van der Waals surface area (Å²) in [5.41, 5.74) is 2.19. The van der Waals surface area contributed by atoms with E-state index < -0.39 is 0 Å². The number of amides is 1. The molecule has 0 radical (unpaired) electrons. The Morgan fingerprint density at radius 3 is 2.57 bits per heavy atom. The minimum absolute atomic E-state index is 0. The molecule has 4 nitrogen and oxygen atoms in total. The summed E-state index contributed by atoms with van der Waals surface area (Å²) in [6.07, 6.45) is 1.03. The highest BCUT2D eigenvalue weighted by Crippen LogP contribution is 2.21. The number of carbonyl (C=O) groups excluding carboxylic acids is 1. The number of hydrogen-bond donors (Lipinski definition) is 2. The van der Waals surface area contributed by atoms with Crippen molar-refractivity contribution in [1.82, 2.24) is 10.6 Å². The number of aryl methyl sites for hydroxylation is 1. The lowest BCUT2D eigenvalue weighted by Crippen LogP contribution is -2.34. The van der Waals surface area contributed by atoms with Crippen LogP contribution in [-0.4, -0.2) is 26.1 Å². The van der Waals surface area contributed by atoms with E-state index in [9.17, 15) is 4.79 Å². The summed E-state index contributed by atoms with van der Waals surface area (Å²) in [6, 6.07) is 6.12. The van der Waals surface area contributed by atoms with Gasteiger partial charge in [0.15, 0.2) is 0 Å². The van der Waals surface area contributed by atoms with Gasteiger partial charge in [-0.1, -0.05) is 32.9 Å². The van der Waals surface area contributed by atoms with Gasteiger partial charge in [0.2, 0.25) is 5.91 Å². The molecule has 1 atom stereocenters. The number of ether oxygens (including phenoxy) is 1. The molecule has 1 amide bonds. The van der Waals surface area contributed by atoms with Gasteiger partial charge in [-0.2, -0.15) is 0 Å². The molecule has 5 heteroatoms. The van der Waals surface area contributed by atoms with Gasteiger partial charge in [0, 0.05) is 24.6 Å². The Bertz CT molecular complexity index is 478. The van der Waals surface area contributed by atoms with Gasteiger partial charge in [0.25, 0.3) is 0 Å². The average Bonchev–Trinajstić information content (AvgIpc) is 2.46. The summed E-state index contributed by atoms with van der Waals surface area (Å²) in [4.78, 5) is 12.0. The first-order valence-corrected chi connectivity index (χ1v) is 8.08. The van der Waals surface area contributed by atoms with E-state index in [1.807, 2.05) is 39.1 Å². The zero-order valence-electron chi connectivity index (χ0n) is 14.9. The van der Waals surface area contributed by atoms with E-state index in [1.54, 1.807) is 0 Å². The monoisotopic (exact) mass is 342 g/mol. The summed E-state index contributed by atoms with van der Waals surface area (Å²) < 4.78 is 5.91. The molecular weight excluding hydrogens is 312 g/mol. The summed E-state index contributed by atoms with van der Waals surface area (Å²) >= 11 is 0. The van der Waals surface area contributed by atoms with E-state index in [-0.39, 0.29) is 24.2 Å². The van der Waals surface area contributed by atoms with Crippen molar-refractivity contribution >= 4 is 18.3 Å². The lowest BCUT2D eigenvalue weighted by molar-refractivity contribution is -0.124. The van der Waals surface area contributed by atoms with Crippen LogP contribution in [0.15, 0.2) is 18.2 Å². The molecule has 0 aromatic heterocycles. The standard InChI is InChI=1S/C18H30N2O2.ClH/c1-13(2)8-9-22-17-10-14(3)6-7-16(17)12-20-18(21)15(4)11-19-5;/h6-7,10,13,15,19H,8-9,11-12H2,1-5H3,(H,20,21);1H. The second-order valence-corrected chi connectivity index (χ2v) is 6.32. The third-order valence-electron chi connectivity index (χ3n) is 3.59. The van der Waals surface area contributed by atoms with Crippen molar-refractivity contribution in [1.29, 1.82) is 0 Å². The van der Waals surface area contributed by atoms with Crippen LogP contribution in [0.5, 0.6) is 5.75 Å². The molecule has 0 saturated heterocycles. The van der Waals surface area contributed by atoms with E-state index >= 15 is 0 Å². The average molecular weight is 343 g/mol. The molecule has 2 N–H and O–H groups in total. The van der Waals surface area contributed by atoms with Crippen LogP contribution in [-0.2, 0) is 11.3 Å². The van der Waals surface area contributed by atoms with Crippen LogP contribution in [0.4, 0.5) is 0 Å². The SMILES string of the molecule is CNCC(C)C(=O)NCc1ccc(C)cc1OCCC(C)C.Cl. The highest BCUT2D eigenvalue weighted by Gasteiger charge is 2.12. The third kappa shape index (κ3) is 8.24. The largest absolute Gasteiger partial charge is 0.493 e. The highest BCUT2D eigenvalue weighted by atomic mass is 35.5. The minimum Gasteiger partial charge on any atom is -0.493 e. The predicted octanol–water partition coefficient (Wildman–Crippen LogP) is 3.31. The quantitative estimate of drug-likeness (QED) is 0.723. The Balaban J connectivity index is 0.00000484. The van der Waals surface area contributed by atoms with Crippen LogP contribution in [0.3, 0.4) is 0 Å². The molecule has 0 aliphatic rings. The van der Waals surface area contributed by atoms with Gasteiger partial charge in [-0.05, 0) is 37.9 Å². The van der Waals surface area contributed by atoms with E-state index in [4.69, 9.17) is 4.74 Å². The van der Waals surface area contributed by atoms with Gasteiger partial charge < -0.3 is 15.4 Å². The fraction of sp³-hybridized carbons (Fsp3) is 0.611. The van der Waals surface area contributed by atoms with Crippen LogP contribution in [0.1, 0.15) is 38.3 Å². The van der Waals surface area contributed by atoms with Crippen LogP contribution in [0.2, 0.25) is 0 Å². The lowest BCUT2D eigenvalue weighted by atomic mass is 10.1. The zero-order chi connectivity index (χ0) is 16.5. The van der Waals surface area contributed by atoms with E-state index in [0.29, 0.717) is 25.6 Å². The minimum atomic E-state index is -0.0410. The maximum Gasteiger partial charge on any atom is 0.224 e. The fourth-order valence-electron chi connectivity index (χ4n) is 2.10. The van der Waals surface area contributed by atoms with E-state index in [1.165, 1.54) is 0 Å². The van der Waals surface area contributed by atoms with Crippen molar-refractivity contribution in [3.63, 3.8) is 0 Å². The third-order valence-corrected chi connectivity index (χ3v) is 3.59. The van der Waals surface area contributed by atoms with E-state index in [2.05, 4.69) is 24.5 Å². The number of halogens is 1. The molecule has 0 saturated carbocycles. The number of benzene rings is 1. The van der Waals surface area contributed by atoms with Gasteiger partial charge in [-0.25, -0.2) is 0 Å². The molecule has 0 spiro atoms. The second-order valence-electron chi connectivity index (χ2n) is 6.32. The molecular formula is C18H31ClN2O2. The van der Waals surface area contributed by atoms with Crippen molar-refractivity contribution in [2.24, 2.45) is 11.8 Å². The maximum absolute atomic E-state index is 12.0. The molecule has 1 aromatic carbocycles. The Morgan fingerprint density at radius 1 is 1.26 bits per heavy atom. The van der Waals surface area contributed by atoms with E-state index in [0.717, 1.165) is 23.3 Å². The molecule has 0 fully saturated rings. The molecule has 132 valence electrons. The van der Waals surface area contributed by atoms with Crippen molar-refractivity contribution in [3.8, 4) is 5.75 Å². The number of carbonyl (C=O) groups is 1. The molecule has 0 bridgehead atoms. The predicted molar refractivity (Wildman–Crippen MR) is 98.3 cm³/mol. The Labute approximate surface area is 146 Å². The van der Waals surface area contributed by atoms with Crippen LogP contribution < -0.4 is 15.4 Å². The van der Waals surface area contributed by atoms with Crippen molar-refractivity contribution in [2.75, 3.05) is 20.2 Å². The smallest absolute Gasteiger partial charge is 0.224 e. The highest BCUT2D eigenvalue weighted by molar-refractivity contribution is 5.85. The van der Waals surface area contributed by atoms with Gasteiger partial charge in [0.1, 0.15) is 5.75 Å². The Morgan fingerprint density at radius 2 is 1.96 bits per heavy atom. The molecule has 1 rings (SSSR count).